The molecule has 2 bridgehead atoms. The molecule has 7 nitrogen and oxygen atoms in total. The Kier molecular flexibility index (Phi) is 4.42. The molecule has 0 aliphatic carbocycles. The lowest BCUT2D eigenvalue weighted by atomic mass is 10.2. The number of rotatable bonds is 5. The van der Waals surface area contributed by atoms with Crippen molar-refractivity contribution in [2.75, 3.05) is 20.2 Å². The number of ether oxygens (including phenoxy) is 1. The van der Waals surface area contributed by atoms with Crippen LogP contribution in [0.25, 0.3) is 17.0 Å². The minimum Gasteiger partial charge on any atom is -0.481 e. The Hall–Kier alpha value is -2.74. The first-order chi connectivity index (χ1) is 12.7. The summed E-state index contributed by atoms with van der Waals surface area (Å²) in [5.74, 6) is 0.344. The number of hydrogen-bond acceptors (Lipinski definition) is 6. The van der Waals surface area contributed by atoms with Crippen molar-refractivity contribution in [2.45, 2.75) is 24.9 Å². The molecule has 0 spiro atoms. The summed E-state index contributed by atoms with van der Waals surface area (Å²) in [4.78, 5) is 13.7. The number of halogens is 1. The Morgan fingerprint density at radius 3 is 2.81 bits per heavy atom. The molecule has 2 aromatic rings. The molecule has 136 valence electrons. The van der Waals surface area contributed by atoms with Crippen LogP contribution in [0.4, 0.5) is 4.39 Å². The lowest BCUT2D eigenvalue weighted by Gasteiger charge is -2.35. The maximum atomic E-state index is 14.6. The molecule has 2 atom stereocenters. The number of methoxy groups -OCH3 is 1. The van der Waals surface area contributed by atoms with Gasteiger partial charge < -0.3 is 25.3 Å². The number of nitrogens with zero attached hydrogens (tertiary/aromatic N) is 3. The van der Waals surface area contributed by atoms with E-state index in [1.54, 1.807) is 25.6 Å². The maximum absolute atomic E-state index is 14.6. The Morgan fingerprint density at radius 2 is 2.12 bits per heavy atom. The van der Waals surface area contributed by atoms with Crippen molar-refractivity contribution in [2.24, 2.45) is 0 Å². The van der Waals surface area contributed by atoms with Gasteiger partial charge in [0.25, 0.3) is 0 Å². The smallest absolute Gasteiger partial charge is 0.213 e. The van der Waals surface area contributed by atoms with Crippen molar-refractivity contribution in [1.29, 1.82) is 5.41 Å². The maximum Gasteiger partial charge on any atom is 0.213 e. The van der Waals surface area contributed by atoms with Crippen LogP contribution < -0.4 is 10.1 Å². The first-order valence-corrected chi connectivity index (χ1v) is 8.65. The van der Waals surface area contributed by atoms with Gasteiger partial charge in [-0.2, -0.15) is 0 Å². The third-order valence-electron chi connectivity index (χ3n) is 4.94. The van der Waals surface area contributed by atoms with Crippen LogP contribution in [0.1, 0.15) is 18.7 Å². The van der Waals surface area contributed by atoms with Gasteiger partial charge in [0.15, 0.2) is 11.7 Å². The van der Waals surface area contributed by atoms with Crippen molar-refractivity contribution in [1.82, 2.24) is 25.2 Å². The number of aromatic amines is 1. The summed E-state index contributed by atoms with van der Waals surface area (Å²) in [6, 6.07) is 4.35. The van der Waals surface area contributed by atoms with Gasteiger partial charge in [0.2, 0.25) is 5.88 Å². The summed E-state index contributed by atoms with van der Waals surface area (Å²) in [5, 5.41) is 10.9. The van der Waals surface area contributed by atoms with Crippen LogP contribution >= 0.6 is 0 Å². The highest BCUT2D eigenvalue weighted by Gasteiger charge is 2.35. The van der Waals surface area contributed by atoms with Gasteiger partial charge in [0, 0.05) is 43.0 Å². The summed E-state index contributed by atoms with van der Waals surface area (Å²) in [6.45, 7) is 1.43. The minimum absolute atomic E-state index is 0.352. The summed E-state index contributed by atoms with van der Waals surface area (Å²) < 4.78 is 19.7. The van der Waals surface area contributed by atoms with Gasteiger partial charge in [-0.1, -0.05) is 0 Å². The molecule has 2 aliphatic rings. The molecule has 26 heavy (non-hydrogen) atoms. The minimum atomic E-state index is -0.584. The van der Waals surface area contributed by atoms with Crippen LogP contribution in [-0.2, 0) is 0 Å². The molecule has 2 unspecified atom stereocenters. The highest BCUT2D eigenvalue weighted by Crippen LogP contribution is 2.30. The highest BCUT2D eigenvalue weighted by molar-refractivity contribution is 5.85. The van der Waals surface area contributed by atoms with Gasteiger partial charge in [-0.25, -0.2) is 14.4 Å². The molecule has 3 N–H and O–H groups in total. The normalized spacial score (nSPS) is 22.9. The van der Waals surface area contributed by atoms with Crippen molar-refractivity contribution < 1.29 is 9.13 Å². The van der Waals surface area contributed by atoms with Crippen LogP contribution in [0.2, 0.25) is 0 Å². The number of hydrogen-bond donors (Lipinski definition) is 3. The predicted octanol–water partition coefficient (Wildman–Crippen LogP) is 2.20. The van der Waals surface area contributed by atoms with Crippen molar-refractivity contribution in [3.05, 3.63) is 36.2 Å². The van der Waals surface area contributed by atoms with Gasteiger partial charge in [-0.3, -0.25) is 0 Å². The molecule has 4 rings (SSSR count). The second-order valence-electron chi connectivity index (χ2n) is 6.62. The number of allylic oxidation sites excluding steroid dienone is 1. The molecule has 0 saturated carbocycles. The molecule has 2 saturated heterocycles. The average molecular weight is 356 g/mol. The largest absolute Gasteiger partial charge is 0.481 e. The molecule has 4 heterocycles. The molecular formula is C18H21FN6O. The second kappa shape index (κ2) is 6.87. The van der Waals surface area contributed by atoms with E-state index in [1.165, 1.54) is 0 Å². The number of aromatic nitrogens is 3. The Morgan fingerprint density at radius 1 is 1.35 bits per heavy atom. The van der Waals surface area contributed by atoms with Crippen molar-refractivity contribution in [3.63, 3.8) is 0 Å². The van der Waals surface area contributed by atoms with Crippen LogP contribution in [0, 0.1) is 5.41 Å². The number of likely N-dealkylation sites (tertiary alicyclic amines) is 1. The number of H-pyrrole nitrogens is 1. The zero-order valence-corrected chi connectivity index (χ0v) is 14.5. The van der Waals surface area contributed by atoms with Gasteiger partial charge in [-0.15, -0.1) is 0 Å². The van der Waals surface area contributed by atoms with Crippen LogP contribution in [0.15, 0.2) is 30.4 Å². The summed E-state index contributed by atoms with van der Waals surface area (Å²) in [6.07, 6.45) is 6.26. The third kappa shape index (κ3) is 3.08. The SMILES string of the molecule is COc1cc(-c2cnc(/C(=C(/F)C=N)N3CC4CCC(C3)N4)[nH]2)ccn1. The first kappa shape index (κ1) is 16.7. The van der Waals surface area contributed by atoms with E-state index >= 15 is 0 Å². The standard InChI is InChI=1S/C18H21FN6O/c1-26-16-6-11(4-5-21-16)15-8-22-18(24-15)17(14(19)7-20)25-9-12-2-3-13(10-25)23-12/h4-8,12-13,20,23H,2-3,9-10H2,1H3,(H,22,24)/b17-14-,20-7?. The van der Waals surface area contributed by atoms with E-state index in [0.29, 0.717) is 42.6 Å². The molecule has 2 aromatic heterocycles. The van der Waals surface area contributed by atoms with Crippen LogP contribution in [0.5, 0.6) is 5.88 Å². The van der Waals surface area contributed by atoms with Gasteiger partial charge in [-0.05, 0) is 18.9 Å². The molecule has 2 fully saturated rings. The quantitative estimate of drug-likeness (QED) is 0.715. The first-order valence-electron chi connectivity index (χ1n) is 8.65. The Bertz CT molecular complexity index is 836. The van der Waals surface area contributed by atoms with Crippen LogP contribution in [0.3, 0.4) is 0 Å². The fourth-order valence-electron chi connectivity index (χ4n) is 3.74. The van der Waals surface area contributed by atoms with Crippen molar-refractivity contribution in [3.8, 4) is 17.1 Å². The summed E-state index contributed by atoms with van der Waals surface area (Å²) in [5.41, 5.74) is 1.95. The monoisotopic (exact) mass is 356 g/mol. The lowest BCUT2D eigenvalue weighted by molar-refractivity contribution is 0.272. The zero-order chi connectivity index (χ0) is 18.1. The zero-order valence-electron chi connectivity index (χ0n) is 14.5. The van der Waals surface area contributed by atoms with Gasteiger partial charge >= 0.3 is 0 Å². The second-order valence-corrected chi connectivity index (χ2v) is 6.62. The van der Waals surface area contributed by atoms with E-state index in [4.69, 9.17) is 10.1 Å². The molecule has 0 amide bonds. The fraction of sp³-hybridized carbons (Fsp3) is 0.389. The van der Waals surface area contributed by atoms with E-state index < -0.39 is 5.83 Å². The highest BCUT2D eigenvalue weighted by atomic mass is 19.1. The van der Waals surface area contributed by atoms with E-state index in [0.717, 1.165) is 30.3 Å². The number of piperazine rings is 1. The Labute approximate surface area is 150 Å². The van der Waals surface area contributed by atoms with E-state index in [2.05, 4.69) is 20.3 Å². The van der Waals surface area contributed by atoms with Gasteiger partial charge in [0.05, 0.1) is 25.2 Å². The predicted molar refractivity (Wildman–Crippen MR) is 96.7 cm³/mol. The van der Waals surface area contributed by atoms with E-state index in [-0.39, 0.29) is 0 Å². The number of nitrogens with one attached hydrogen (secondary N) is 3. The third-order valence-corrected chi connectivity index (χ3v) is 4.94. The number of fused-ring (bicyclic) bond motifs is 2. The van der Waals surface area contributed by atoms with E-state index in [9.17, 15) is 4.39 Å². The molecular weight excluding hydrogens is 335 g/mol. The Balaban J connectivity index is 1.67. The lowest BCUT2D eigenvalue weighted by Crippen LogP contribution is -2.50. The topological polar surface area (TPSA) is 89.9 Å². The van der Waals surface area contributed by atoms with Crippen LogP contribution in [-0.4, -0.2) is 58.3 Å². The molecule has 8 heteroatoms. The average Bonchev–Trinajstić information content (AvgIpc) is 3.28. The van der Waals surface area contributed by atoms with Gasteiger partial charge in [0.1, 0.15) is 5.70 Å². The van der Waals surface area contributed by atoms with Crippen molar-refractivity contribution >= 4 is 11.9 Å². The number of pyridine rings is 1. The summed E-state index contributed by atoms with van der Waals surface area (Å²) in [7, 11) is 1.56. The van der Waals surface area contributed by atoms with E-state index in [1.807, 2.05) is 11.0 Å². The fourth-order valence-corrected chi connectivity index (χ4v) is 3.74. The number of imidazole rings is 1. The molecule has 0 aromatic carbocycles. The molecule has 0 radical (unpaired) electrons. The molecule has 2 aliphatic heterocycles. The summed E-state index contributed by atoms with van der Waals surface area (Å²) >= 11 is 0.